The smallest absolute Gasteiger partial charge is 0.303 e. The van der Waals surface area contributed by atoms with E-state index in [4.69, 9.17) is 49.4 Å². The van der Waals surface area contributed by atoms with Crippen LogP contribution in [0.2, 0.25) is 0 Å². The second-order valence-corrected chi connectivity index (χ2v) is 19.9. The highest BCUT2D eigenvalue weighted by Gasteiger charge is 2.66. The van der Waals surface area contributed by atoms with E-state index < -0.39 is 98.3 Å². The lowest BCUT2D eigenvalue weighted by atomic mass is 9.55. The van der Waals surface area contributed by atoms with E-state index in [1.807, 2.05) is 61.5 Å². The molecule has 18 heteroatoms. The molecule has 0 saturated carbocycles. The maximum Gasteiger partial charge on any atom is 0.303 e. The van der Waals surface area contributed by atoms with Crippen LogP contribution in [0.5, 0.6) is 0 Å². The van der Waals surface area contributed by atoms with Gasteiger partial charge in [0.15, 0.2) is 0 Å². The molecule has 9 unspecified atom stereocenters. The van der Waals surface area contributed by atoms with Gasteiger partial charge >= 0.3 is 5.97 Å². The molecular weight excluding hydrogens is 809 g/mol. The van der Waals surface area contributed by atoms with Crippen LogP contribution in [0.25, 0.3) is 0 Å². The molecule has 63 heavy (non-hydrogen) atoms. The summed E-state index contributed by atoms with van der Waals surface area (Å²) in [5, 5.41) is 13.8. The molecular formula is C45H66N10O8. The first-order valence-corrected chi connectivity index (χ1v) is 21.6. The molecule has 5 aliphatic rings. The predicted octanol–water partition coefficient (Wildman–Crippen LogP) is 2.32. The summed E-state index contributed by atoms with van der Waals surface area (Å²) < 4.78 is 0. The SMILES string of the molecule is CC1=C2N=C(C=C3NC(=C(C)C4=NC(C)(C5N=C1C(C)(CCC(=O)O)C5CC(N)=O)C(C)(CC(N)=O)C4CCC(N)=O)C(C)(CC(N)=O)C3CCC(N)=O)C(C)(C)C2CCC(N)=O. The third kappa shape index (κ3) is 8.56. The molecule has 0 aromatic heterocycles. The lowest BCUT2D eigenvalue weighted by Gasteiger charge is -2.48. The number of rotatable bonds is 18. The average Bonchev–Trinajstić information content (AvgIpc) is 3.75. The summed E-state index contributed by atoms with van der Waals surface area (Å²) in [7, 11) is 0. The third-order valence-corrected chi connectivity index (χ3v) is 15.5. The van der Waals surface area contributed by atoms with Crippen LogP contribution in [0.3, 0.4) is 0 Å². The number of amides is 6. The molecule has 9 atom stereocenters. The Morgan fingerprint density at radius 1 is 0.683 bits per heavy atom. The summed E-state index contributed by atoms with van der Waals surface area (Å²) in [6.45, 7) is 15.1. The highest BCUT2D eigenvalue weighted by Crippen LogP contribution is 2.62. The molecule has 14 N–H and O–H groups in total. The molecule has 5 aliphatic heterocycles. The van der Waals surface area contributed by atoms with Crippen molar-refractivity contribution < 1.29 is 38.7 Å². The van der Waals surface area contributed by atoms with Gasteiger partial charge in [0.2, 0.25) is 35.4 Å². The van der Waals surface area contributed by atoms with Crippen molar-refractivity contribution in [1.29, 1.82) is 0 Å². The van der Waals surface area contributed by atoms with Crippen molar-refractivity contribution in [2.45, 2.75) is 138 Å². The molecule has 18 nitrogen and oxygen atoms in total. The quantitative estimate of drug-likeness (QED) is 0.100. The largest absolute Gasteiger partial charge is 0.481 e. The van der Waals surface area contributed by atoms with Gasteiger partial charge < -0.3 is 44.8 Å². The molecule has 1 fully saturated rings. The van der Waals surface area contributed by atoms with Crippen molar-refractivity contribution in [2.75, 3.05) is 0 Å². The van der Waals surface area contributed by atoms with E-state index in [2.05, 4.69) is 5.32 Å². The summed E-state index contributed by atoms with van der Waals surface area (Å²) >= 11 is 0. The number of carboxylic acid groups (broad SMARTS) is 1. The molecule has 8 bridgehead atoms. The number of carbonyl (C=O) groups excluding carboxylic acids is 6. The number of primary amides is 6. The first-order chi connectivity index (χ1) is 29.0. The molecule has 1 saturated heterocycles. The number of aliphatic carboxylic acids is 1. The number of nitrogens with two attached hydrogens (primary N) is 6. The number of fused-ring (bicyclic) bond motifs is 6. The average molecular weight is 875 g/mol. The van der Waals surface area contributed by atoms with E-state index in [0.717, 1.165) is 0 Å². The van der Waals surface area contributed by atoms with E-state index in [-0.39, 0.29) is 64.2 Å². The van der Waals surface area contributed by atoms with Crippen LogP contribution in [0.15, 0.2) is 49.3 Å². The number of carbonyl (C=O) groups is 7. The predicted molar refractivity (Wildman–Crippen MR) is 237 cm³/mol. The van der Waals surface area contributed by atoms with Crippen LogP contribution < -0.4 is 39.7 Å². The van der Waals surface area contributed by atoms with E-state index in [9.17, 15) is 38.7 Å². The molecule has 0 aromatic rings. The Morgan fingerprint density at radius 2 is 1.22 bits per heavy atom. The Morgan fingerprint density at radius 3 is 1.73 bits per heavy atom. The van der Waals surface area contributed by atoms with Gasteiger partial charge in [-0.3, -0.25) is 48.5 Å². The normalized spacial score (nSPS) is 33.0. The highest BCUT2D eigenvalue weighted by molar-refractivity contribution is 6.10. The summed E-state index contributed by atoms with van der Waals surface area (Å²) in [5.41, 5.74) is 34.4. The van der Waals surface area contributed by atoms with Crippen LogP contribution in [-0.2, 0) is 33.6 Å². The zero-order chi connectivity index (χ0) is 47.4. The summed E-state index contributed by atoms with van der Waals surface area (Å²) in [4.78, 5) is 106. The topological polar surface area (TPSA) is 345 Å². The minimum absolute atomic E-state index is 0.0237. The van der Waals surface area contributed by atoms with Crippen LogP contribution in [-0.4, -0.2) is 75.2 Å². The van der Waals surface area contributed by atoms with E-state index in [1.165, 1.54) is 0 Å². The maximum atomic E-state index is 13.4. The van der Waals surface area contributed by atoms with Gasteiger partial charge in [-0.15, -0.1) is 0 Å². The fraction of sp³-hybridized carbons (Fsp3) is 0.644. The number of aliphatic imine (C=N–C) groups is 3. The maximum absolute atomic E-state index is 13.4. The Bertz CT molecular complexity index is 2220. The molecule has 0 aromatic carbocycles. The number of allylic oxidation sites excluding steroid dienone is 6. The van der Waals surface area contributed by atoms with Gasteiger partial charge in [0.1, 0.15) is 0 Å². The summed E-state index contributed by atoms with van der Waals surface area (Å²) in [6, 6.07) is -0.928. The van der Waals surface area contributed by atoms with Crippen LogP contribution in [0.4, 0.5) is 0 Å². The van der Waals surface area contributed by atoms with Crippen LogP contribution in [0.1, 0.15) is 126 Å². The van der Waals surface area contributed by atoms with Gasteiger partial charge in [-0.25, -0.2) is 0 Å². The van der Waals surface area contributed by atoms with E-state index >= 15 is 0 Å². The van der Waals surface area contributed by atoms with Gasteiger partial charge in [-0.2, -0.15) is 0 Å². The fourth-order valence-corrected chi connectivity index (χ4v) is 11.9. The number of nitrogens with zero attached hydrogens (tertiary/aromatic N) is 3. The lowest BCUT2D eigenvalue weighted by molar-refractivity contribution is -0.137. The Labute approximate surface area is 368 Å². The number of hydrogen-bond donors (Lipinski definition) is 8. The number of hydrogen-bond acceptors (Lipinski definition) is 11. The molecule has 344 valence electrons. The molecule has 0 aliphatic carbocycles. The molecule has 0 radical (unpaired) electrons. The summed E-state index contributed by atoms with van der Waals surface area (Å²) in [5.74, 6) is -7.06. The van der Waals surface area contributed by atoms with Crippen molar-refractivity contribution in [1.82, 2.24) is 5.32 Å². The number of carboxylic acids is 1. The van der Waals surface area contributed by atoms with Crippen molar-refractivity contribution in [3.8, 4) is 0 Å². The second kappa shape index (κ2) is 17.1. The van der Waals surface area contributed by atoms with Crippen molar-refractivity contribution in [3.63, 3.8) is 0 Å². The Balaban J connectivity index is 2.03. The monoisotopic (exact) mass is 875 g/mol. The molecule has 0 spiro atoms. The first kappa shape index (κ1) is 48.4. The van der Waals surface area contributed by atoms with Crippen molar-refractivity contribution in [2.24, 2.45) is 94.7 Å². The van der Waals surface area contributed by atoms with E-state index in [0.29, 0.717) is 51.8 Å². The first-order valence-electron chi connectivity index (χ1n) is 21.6. The summed E-state index contributed by atoms with van der Waals surface area (Å²) in [6.07, 6.45) is 1.58. The highest BCUT2D eigenvalue weighted by atomic mass is 16.4. The third-order valence-electron chi connectivity index (χ3n) is 15.5. The zero-order valence-corrected chi connectivity index (χ0v) is 37.9. The van der Waals surface area contributed by atoms with Crippen molar-refractivity contribution >= 4 is 58.5 Å². The number of nitrogens with one attached hydrogen (secondary N) is 1. The molecule has 6 amide bonds. The minimum atomic E-state index is -1.39. The molecule has 5 rings (SSSR count). The van der Waals surface area contributed by atoms with Gasteiger partial charge in [0.05, 0.1) is 11.6 Å². The van der Waals surface area contributed by atoms with E-state index in [1.54, 1.807) is 0 Å². The molecule has 5 heterocycles. The standard InChI is InChI=1S/C45H66N10O8/c1-21-36-24(10-13-30(47)57)41(3,4)28(53-36)18-27-23(9-12-29(46)56)43(6,19-33(50)60)39(52-27)22(2)37-25(11-14-31(48)58)44(7,20-34(51)61)45(8,55-37)40-26(17-32(49)59)42(5,38(21)54-40)16-15-35(62)63/h18,23-26,40,52H,9-17,19-20H2,1-8H3,(H2,46,56)(H2,47,57)(H2,48,58)(H2,49,59)(H2,50,60)(H2,51,61)(H,62,63). The van der Waals surface area contributed by atoms with Gasteiger partial charge in [0.25, 0.3) is 0 Å². The van der Waals surface area contributed by atoms with Crippen LogP contribution in [0, 0.1) is 45.3 Å². The Kier molecular flexibility index (Phi) is 13.1. The van der Waals surface area contributed by atoms with Gasteiger partial charge in [-0.05, 0) is 63.7 Å². The Hall–Kier alpha value is -5.68. The van der Waals surface area contributed by atoms with Crippen molar-refractivity contribution in [3.05, 3.63) is 34.3 Å². The second-order valence-electron chi connectivity index (χ2n) is 19.9. The zero-order valence-electron chi connectivity index (χ0n) is 37.9. The van der Waals surface area contributed by atoms with Gasteiger partial charge in [0, 0.05) is 125 Å². The van der Waals surface area contributed by atoms with Crippen LogP contribution >= 0.6 is 0 Å². The lowest BCUT2D eigenvalue weighted by Crippen LogP contribution is -2.56. The fourth-order valence-electron chi connectivity index (χ4n) is 11.9. The van der Waals surface area contributed by atoms with Gasteiger partial charge in [-0.1, -0.05) is 34.6 Å². The minimum Gasteiger partial charge on any atom is -0.481 e.